The van der Waals surface area contributed by atoms with Crippen LogP contribution in [0.2, 0.25) is 0 Å². The van der Waals surface area contributed by atoms with Crippen molar-refractivity contribution in [3.63, 3.8) is 0 Å². The van der Waals surface area contributed by atoms with Crippen LogP contribution in [-0.4, -0.2) is 11.4 Å². The van der Waals surface area contributed by atoms with Gasteiger partial charge in [-0.15, -0.1) is 0 Å². The molecule has 0 saturated carbocycles. The van der Waals surface area contributed by atoms with Gasteiger partial charge in [0, 0.05) is 11.4 Å². The monoisotopic (exact) mass is 303 g/mol. The van der Waals surface area contributed by atoms with Crippen LogP contribution in [0.5, 0.6) is 0 Å². The molecule has 0 fully saturated rings. The van der Waals surface area contributed by atoms with Gasteiger partial charge in [-0.3, -0.25) is 5.41 Å². The number of benzene rings is 2. The maximum absolute atomic E-state index is 8.06. The van der Waals surface area contributed by atoms with E-state index in [4.69, 9.17) is 16.9 Å². The van der Waals surface area contributed by atoms with E-state index >= 15 is 0 Å². The lowest BCUT2D eigenvalue weighted by Gasteiger charge is -2.16. The van der Waals surface area contributed by atoms with E-state index < -0.39 is 0 Å². The number of hydrogen-bond acceptors (Lipinski definition) is 5. The van der Waals surface area contributed by atoms with Gasteiger partial charge >= 0.3 is 0 Å². The summed E-state index contributed by atoms with van der Waals surface area (Å²) in [4.78, 5) is 4.52. The molecule has 0 unspecified atom stereocenters. The first-order valence-electron chi connectivity index (χ1n) is 7.16. The van der Waals surface area contributed by atoms with Gasteiger partial charge in [0.05, 0.1) is 28.5 Å². The predicted octanol–water partition coefficient (Wildman–Crippen LogP) is 3.21. The molecule has 0 aliphatic heterocycles. The van der Waals surface area contributed by atoms with Crippen LogP contribution in [0.15, 0.2) is 83.1 Å². The number of para-hydroxylation sites is 1. The van der Waals surface area contributed by atoms with Gasteiger partial charge in [-0.1, -0.05) is 18.2 Å². The zero-order valence-corrected chi connectivity index (χ0v) is 12.5. The maximum atomic E-state index is 8.06. The molecule has 114 valence electrons. The lowest BCUT2D eigenvalue weighted by molar-refractivity contribution is 1.37. The highest BCUT2D eigenvalue weighted by Crippen LogP contribution is 2.19. The Bertz CT molecular complexity index is 814. The quantitative estimate of drug-likeness (QED) is 0.517. The Labute approximate surface area is 134 Å². The summed E-state index contributed by atoms with van der Waals surface area (Å²) in [5.74, 6) is 0. The van der Waals surface area contributed by atoms with Gasteiger partial charge < -0.3 is 16.8 Å². The Morgan fingerprint density at radius 2 is 1.57 bits per heavy atom. The summed E-state index contributed by atoms with van der Waals surface area (Å²) in [7, 11) is 0. The molecular formula is C18H17N5. The average Bonchev–Trinajstić information content (AvgIpc) is 2.55. The number of rotatable bonds is 3. The first kappa shape index (κ1) is 14.6. The van der Waals surface area contributed by atoms with E-state index in [2.05, 4.69) is 10.3 Å². The van der Waals surface area contributed by atoms with E-state index in [1.54, 1.807) is 24.3 Å². The smallest absolute Gasteiger partial charge is 0.0888 e. The van der Waals surface area contributed by atoms with Crippen LogP contribution >= 0.6 is 0 Å². The summed E-state index contributed by atoms with van der Waals surface area (Å²) < 4.78 is 0. The Morgan fingerprint density at radius 1 is 0.870 bits per heavy atom. The number of allylic oxidation sites excluding steroid dienone is 2. The van der Waals surface area contributed by atoms with Crippen molar-refractivity contribution in [3.05, 3.63) is 78.1 Å². The number of hydrogen-bond donors (Lipinski definition) is 4. The van der Waals surface area contributed by atoms with E-state index in [-0.39, 0.29) is 0 Å². The van der Waals surface area contributed by atoms with E-state index in [9.17, 15) is 0 Å². The van der Waals surface area contributed by atoms with Crippen molar-refractivity contribution < 1.29 is 0 Å². The van der Waals surface area contributed by atoms with Crippen LogP contribution in [0, 0.1) is 5.41 Å². The zero-order valence-electron chi connectivity index (χ0n) is 12.5. The first-order chi connectivity index (χ1) is 11.1. The molecule has 23 heavy (non-hydrogen) atoms. The second-order valence-corrected chi connectivity index (χ2v) is 5.15. The first-order valence-corrected chi connectivity index (χ1v) is 7.16. The van der Waals surface area contributed by atoms with Crippen LogP contribution in [-0.2, 0) is 0 Å². The molecule has 0 heterocycles. The third-order valence-corrected chi connectivity index (χ3v) is 3.36. The molecule has 0 spiro atoms. The molecule has 1 aliphatic carbocycles. The second-order valence-electron chi connectivity index (χ2n) is 5.15. The molecule has 0 aromatic heterocycles. The molecule has 5 nitrogen and oxygen atoms in total. The SMILES string of the molecule is N=C1C=C(N)C(=Nc2ccc(N)cc2)C=C1Nc1ccccc1. The molecular weight excluding hydrogens is 286 g/mol. The number of nitrogen functional groups attached to an aromatic ring is 1. The summed E-state index contributed by atoms with van der Waals surface area (Å²) in [6.45, 7) is 0. The van der Waals surface area contributed by atoms with Crippen LogP contribution in [0.1, 0.15) is 0 Å². The van der Waals surface area contributed by atoms with Crippen molar-refractivity contribution in [3.8, 4) is 0 Å². The highest BCUT2D eigenvalue weighted by atomic mass is 14.9. The number of nitrogens with zero attached hydrogens (tertiary/aromatic N) is 1. The standard InChI is InChI=1S/C18H17N5/c19-12-6-8-14(9-7-12)23-18-11-17(15(20)10-16(18)21)22-13-4-2-1-3-5-13/h1-11,20,22H,19,21H2. The fourth-order valence-electron chi connectivity index (χ4n) is 2.17. The lowest BCUT2D eigenvalue weighted by atomic mass is 10.0. The molecule has 0 atom stereocenters. The average molecular weight is 303 g/mol. The lowest BCUT2D eigenvalue weighted by Crippen LogP contribution is -2.21. The topological polar surface area (TPSA) is 100 Å². The van der Waals surface area contributed by atoms with E-state index in [0.717, 1.165) is 11.4 Å². The largest absolute Gasteiger partial charge is 0.399 e. The van der Waals surface area contributed by atoms with Gasteiger partial charge in [-0.2, -0.15) is 0 Å². The van der Waals surface area contributed by atoms with Gasteiger partial charge in [-0.25, -0.2) is 4.99 Å². The Balaban J connectivity index is 1.91. The summed E-state index contributed by atoms with van der Waals surface area (Å²) >= 11 is 0. The van der Waals surface area contributed by atoms with Crippen LogP contribution < -0.4 is 16.8 Å². The highest BCUT2D eigenvalue weighted by Gasteiger charge is 2.14. The van der Waals surface area contributed by atoms with Crippen molar-refractivity contribution in [2.75, 3.05) is 11.1 Å². The van der Waals surface area contributed by atoms with Crippen LogP contribution in [0.3, 0.4) is 0 Å². The molecule has 1 aliphatic rings. The molecule has 0 radical (unpaired) electrons. The molecule has 5 heteroatoms. The van der Waals surface area contributed by atoms with Gasteiger partial charge in [0.2, 0.25) is 0 Å². The Kier molecular flexibility index (Phi) is 3.93. The van der Waals surface area contributed by atoms with E-state index in [1.165, 1.54) is 0 Å². The van der Waals surface area contributed by atoms with Crippen LogP contribution in [0.25, 0.3) is 0 Å². The minimum atomic E-state index is 0.322. The van der Waals surface area contributed by atoms with E-state index in [0.29, 0.717) is 28.5 Å². The van der Waals surface area contributed by atoms with Gasteiger partial charge in [0.25, 0.3) is 0 Å². The molecule has 2 aromatic rings. The minimum absolute atomic E-state index is 0.322. The molecule has 0 saturated heterocycles. The van der Waals surface area contributed by atoms with Crippen molar-refractivity contribution in [1.29, 1.82) is 5.41 Å². The molecule has 0 amide bonds. The summed E-state index contributed by atoms with van der Waals surface area (Å²) in [6.07, 6.45) is 3.38. The number of aliphatic imine (C=N–C) groups is 1. The Hall–Kier alpha value is -3.34. The Morgan fingerprint density at radius 3 is 2.26 bits per heavy atom. The maximum Gasteiger partial charge on any atom is 0.0888 e. The summed E-state index contributed by atoms with van der Waals surface area (Å²) in [6, 6.07) is 16.9. The number of anilines is 2. The van der Waals surface area contributed by atoms with Crippen molar-refractivity contribution in [2.45, 2.75) is 0 Å². The fourth-order valence-corrected chi connectivity index (χ4v) is 2.17. The zero-order chi connectivity index (χ0) is 16.2. The van der Waals surface area contributed by atoms with Gasteiger partial charge in [0.1, 0.15) is 0 Å². The van der Waals surface area contributed by atoms with Gasteiger partial charge in [-0.05, 0) is 48.6 Å². The van der Waals surface area contributed by atoms with Crippen molar-refractivity contribution >= 4 is 28.5 Å². The minimum Gasteiger partial charge on any atom is -0.399 e. The van der Waals surface area contributed by atoms with E-state index in [1.807, 2.05) is 42.5 Å². The third kappa shape index (κ3) is 3.47. The van der Waals surface area contributed by atoms with Crippen LogP contribution in [0.4, 0.5) is 17.1 Å². The third-order valence-electron chi connectivity index (χ3n) is 3.36. The normalized spacial score (nSPS) is 16.0. The molecule has 3 rings (SSSR count). The summed E-state index contributed by atoms with van der Waals surface area (Å²) in [5.41, 5.74) is 16.1. The van der Waals surface area contributed by atoms with Gasteiger partial charge in [0.15, 0.2) is 0 Å². The predicted molar refractivity (Wildman–Crippen MR) is 96.1 cm³/mol. The van der Waals surface area contributed by atoms with Crippen molar-refractivity contribution in [2.24, 2.45) is 10.7 Å². The number of nitrogens with one attached hydrogen (secondary N) is 2. The fraction of sp³-hybridized carbons (Fsp3) is 0. The molecule has 2 aromatic carbocycles. The molecule has 0 bridgehead atoms. The highest BCUT2D eigenvalue weighted by molar-refractivity contribution is 6.23. The van der Waals surface area contributed by atoms with Crippen molar-refractivity contribution in [1.82, 2.24) is 0 Å². The second kappa shape index (κ2) is 6.19. The number of nitrogens with two attached hydrogens (primary N) is 2. The molecule has 6 N–H and O–H groups in total. The summed E-state index contributed by atoms with van der Waals surface area (Å²) in [5, 5.41) is 11.3.